The highest BCUT2D eigenvalue weighted by molar-refractivity contribution is 5.87. The molecular formula is C31H47F2N3O3. The molecule has 1 fully saturated rings. The zero-order chi connectivity index (χ0) is 29.0. The van der Waals surface area contributed by atoms with Gasteiger partial charge in [0.2, 0.25) is 0 Å². The van der Waals surface area contributed by atoms with Crippen LogP contribution in [-0.2, 0) is 4.79 Å². The van der Waals surface area contributed by atoms with E-state index in [0.717, 1.165) is 56.3 Å². The number of hydroxylamine groups is 2. The second-order valence-corrected chi connectivity index (χ2v) is 9.97. The van der Waals surface area contributed by atoms with Crippen molar-refractivity contribution in [2.24, 2.45) is 4.99 Å². The van der Waals surface area contributed by atoms with Gasteiger partial charge < -0.3 is 14.8 Å². The Morgan fingerprint density at radius 3 is 2.51 bits per heavy atom. The van der Waals surface area contributed by atoms with Crippen molar-refractivity contribution in [1.82, 2.24) is 9.96 Å². The number of rotatable bonds is 6. The molecule has 2 N–H and O–H groups in total. The summed E-state index contributed by atoms with van der Waals surface area (Å²) in [6.07, 6.45) is 15.2. The van der Waals surface area contributed by atoms with E-state index in [9.17, 15) is 14.0 Å². The molecule has 1 aromatic rings. The minimum Gasteiger partial charge on any atom is -0.400 e. The first-order valence-corrected chi connectivity index (χ1v) is 14.0. The van der Waals surface area contributed by atoms with Gasteiger partial charge >= 0.3 is 0 Å². The average Bonchev–Trinajstić information content (AvgIpc) is 3.61. The highest BCUT2D eigenvalue weighted by atomic mass is 19.2. The largest absolute Gasteiger partial charge is 0.400 e. The Balaban J connectivity index is 0.00000107. The Labute approximate surface area is 233 Å². The summed E-state index contributed by atoms with van der Waals surface area (Å²) in [7, 11) is 1.00. The Bertz CT molecular complexity index is 1040. The third-order valence-corrected chi connectivity index (χ3v) is 7.84. The Morgan fingerprint density at radius 2 is 1.87 bits per heavy atom. The maximum atomic E-state index is 14.0. The van der Waals surface area contributed by atoms with Gasteiger partial charge in [0, 0.05) is 27.5 Å². The van der Waals surface area contributed by atoms with Gasteiger partial charge in [-0.15, -0.1) is 6.58 Å². The van der Waals surface area contributed by atoms with Gasteiger partial charge in [-0.05, 0) is 73.8 Å². The molecule has 0 bridgehead atoms. The van der Waals surface area contributed by atoms with Gasteiger partial charge in [0.1, 0.15) is 12.6 Å². The summed E-state index contributed by atoms with van der Waals surface area (Å²) in [6, 6.07) is 4.67. The third-order valence-electron chi connectivity index (χ3n) is 7.84. The Kier molecular flexibility index (Phi) is 13.0. The summed E-state index contributed by atoms with van der Waals surface area (Å²) in [5, 5.41) is 18.7. The summed E-state index contributed by atoms with van der Waals surface area (Å²) >= 11 is 0. The number of amidine groups is 1. The third kappa shape index (κ3) is 7.22. The number of allylic oxidation sites excluding steroid dienone is 2. The van der Waals surface area contributed by atoms with Crippen LogP contribution in [0.1, 0.15) is 84.5 Å². The van der Waals surface area contributed by atoms with Crippen LogP contribution in [0.4, 0.5) is 8.78 Å². The maximum Gasteiger partial charge on any atom is 0.159 e. The lowest BCUT2D eigenvalue weighted by Gasteiger charge is -2.46. The summed E-state index contributed by atoms with van der Waals surface area (Å²) in [4.78, 5) is 15.6. The topological polar surface area (TPSA) is 76.4 Å². The number of halogens is 2. The summed E-state index contributed by atoms with van der Waals surface area (Å²) in [6.45, 7) is 11.3. The van der Waals surface area contributed by atoms with Gasteiger partial charge in [-0.2, -0.15) is 0 Å². The number of benzene rings is 1. The molecule has 5 rings (SSSR count). The number of carbonyl (C=O) groups excluding carboxylic acids is 1. The van der Waals surface area contributed by atoms with Crippen LogP contribution in [0.3, 0.4) is 0 Å². The first-order valence-electron chi connectivity index (χ1n) is 14.0. The molecule has 1 saturated carbocycles. The van der Waals surface area contributed by atoms with Crippen LogP contribution in [-0.4, -0.2) is 64.7 Å². The fourth-order valence-corrected chi connectivity index (χ4v) is 6.26. The maximum absolute atomic E-state index is 14.0. The molecule has 8 heteroatoms. The van der Waals surface area contributed by atoms with Gasteiger partial charge in [0.15, 0.2) is 11.6 Å². The van der Waals surface area contributed by atoms with E-state index in [1.165, 1.54) is 35.6 Å². The number of nitrogens with zero attached hydrogens (tertiary/aromatic N) is 3. The molecule has 218 valence electrons. The van der Waals surface area contributed by atoms with Gasteiger partial charge in [-0.25, -0.2) is 8.78 Å². The zero-order valence-electron chi connectivity index (χ0n) is 23.7. The summed E-state index contributed by atoms with van der Waals surface area (Å²) in [5.41, 5.74) is 2.87. The highest BCUT2D eigenvalue weighted by Crippen LogP contribution is 2.44. The molecule has 0 amide bonds. The molecule has 0 saturated heterocycles. The number of carbonyl (C=O) groups is 1. The van der Waals surface area contributed by atoms with Crippen LogP contribution in [0.25, 0.3) is 0 Å². The van der Waals surface area contributed by atoms with E-state index in [2.05, 4.69) is 23.6 Å². The lowest BCUT2D eigenvalue weighted by molar-refractivity contribution is -0.0980. The Morgan fingerprint density at radius 1 is 1.18 bits per heavy atom. The smallest absolute Gasteiger partial charge is 0.159 e. The second-order valence-electron chi connectivity index (χ2n) is 9.97. The summed E-state index contributed by atoms with van der Waals surface area (Å²) < 4.78 is 27.6. The molecule has 1 spiro atoms. The van der Waals surface area contributed by atoms with E-state index in [-0.39, 0.29) is 12.9 Å². The first kappa shape index (κ1) is 32.4. The molecule has 2 aliphatic carbocycles. The average molecular weight is 548 g/mol. The predicted octanol–water partition coefficient (Wildman–Crippen LogP) is 6.80. The van der Waals surface area contributed by atoms with Crippen molar-refractivity contribution in [3.8, 4) is 0 Å². The lowest BCUT2D eigenvalue weighted by Crippen LogP contribution is -2.54. The second kappa shape index (κ2) is 15.7. The van der Waals surface area contributed by atoms with Crippen molar-refractivity contribution in [1.29, 1.82) is 0 Å². The van der Waals surface area contributed by atoms with E-state index >= 15 is 0 Å². The monoisotopic (exact) mass is 547 g/mol. The van der Waals surface area contributed by atoms with Crippen LogP contribution in [0.5, 0.6) is 0 Å². The van der Waals surface area contributed by atoms with E-state index in [4.69, 9.17) is 14.9 Å². The molecule has 6 nitrogen and oxygen atoms in total. The lowest BCUT2D eigenvalue weighted by atomic mass is 9.80. The molecule has 2 atom stereocenters. The molecule has 4 aliphatic rings. The van der Waals surface area contributed by atoms with Crippen molar-refractivity contribution in [3.05, 3.63) is 71.5 Å². The number of aliphatic hydroxyl groups excluding tert-OH is 1. The van der Waals surface area contributed by atoms with Crippen molar-refractivity contribution < 1.29 is 25.3 Å². The van der Waals surface area contributed by atoms with Crippen LogP contribution in [0, 0.1) is 11.6 Å². The van der Waals surface area contributed by atoms with Crippen molar-refractivity contribution in [3.63, 3.8) is 0 Å². The van der Waals surface area contributed by atoms with Crippen LogP contribution >= 0.6 is 0 Å². The van der Waals surface area contributed by atoms with Crippen molar-refractivity contribution >= 4 is 12.6 Å². The molecule has 2 unspecified atom stereocenters. The minimum atomic E-state index is -0.817. The predicted molar refractivity (Wildman–Crippen MR) is 155 cm³/mol. The highest BCUT2D eigenvalue weighted by Gasteiger charge is 2.47. The van der Waals surface area contributed by atoms with Crippen molar-refractivity contribution in [2.45, 2.75) is 89.1 Å². The van der Waals surface area contributed by atoms with Crippen LogP contribution < -0.4 is 0 Å². The van der Waals surface area contributed by atoms with Crippen LogP contribution in [0.15, 0.2) is 59.3 Å². The SMILES string of the molecule is C=CCC(CC1=NCC2(C=CC3=C(CCCN3O)C2)N1C1CCCC1)c1ccc(F)c(F)c1.C=O.CC.CO.[HH]. The quantitative estimate of drug-likeness (QED) is 0.383. The molecule has 0 aromatic heterocycles. The van der Waals surface area contributed by atoms with Gasteiger partial charge in [-0.1, -0.05) is 44.9 Å². The van der Waals surface area contributed by atoms with E-state index < -0.39 is 11.6 Å². The standard InChI is InChI=1S/C27H33F2N3O.C2H6.CH4O.CH2O.H2/c1-2-6-19(20-10-11-23(28)24(29)15-20)16-26-30-18-27(32(26)22-8-3-4-9-22)13-12-25-21(17-27)7-5-14-31(25)33;3*1-2;/h2,10-13,15,19,22,33H,1,3-9,14,16-18H2;1-2H3;2H,1H3;1H2;1H. The Hall–Kier alpha value is -2.84. The summed E-state index contributed by atoms with van der Waals surface area (Å²) in [5.74, 6) is -0.550. The molecule has 0 radical (unpaired) electrons. The van der Waals surface area contributed by atoms with E-state index in [1.54, 1.807) is 6.07 Å². The van der Waals surface area contributed by atoms with Gasteiger partial charge in [0.05, 0.1) is 17.8 Å². The fraction of sp³-hybridized carbons (Fsp3) is 0.548. The number of aliphatic imine (C=N–C) groups is 1. The molecule has 39 heavy (non-hydrogen) atoms. The van der Waals surface area contributed by atoms with E-state index in [1.807, 2.05) is 26.7 Å². The number of hydrogen-bond acceptors (Lipinski definition) is 6. The molecule has 2 aliphatic heterocycles. The number of hydrogen-bond donors (Lipinski definition) is 2. The molecule has 1 aromatic carbocycles. The van der Waals surface area contributed by atoms with Crippen molar-refractivity contribution in [2.75, 3.05) is 20.2 Å². The fourth-order valence-electron chi connectivity index (χ4n) is 6.26. The van der Waals surface area contributed by atoms with E-state index in [0.29, 0.717) is 32.0 Å². The van der Waals surface area contributed by atoms with Crippen LogP contribution in [0.2, 0.25) is 0 Å². The van der Waals surface area contributed by atoms with Gasteiger partial charge in [-0.3, -0.25) is 15.3 Å². The molecule has 2 heterocycles. The first-order chi connectivity index (χ1) is 19.0. The normalized spacial score (nSPS) is 22.6. The number of aliphatic hydroxyl groups is 1. The minimum absolute atomic E-state index is 0. The molecular weight excluding hydrogens is 500 g/mol. The zero-order valence-corrected chi connectivity index (χ0v) is 23.7. The van der Waals surface area contributed by atoms with Gasteiger partial charge in [0.25, 0.3) is 0 Å².